The molecule has 3 aromatic heterocycles. The summed E-state index contributed by atoms with van der Waals surface area (Å²) in [5.41, 5.74) is -0.239. The normalized spacial score (nSPS) is 12.4. The fraction of sp³-hybridized carbons (Fsp3) is 0.0588. The Kier molecular flexibility index (Phi) is 5.37. The molecule has 1 aromatic carbocycles. The maximum Gasteiger partial charge on any atom is 0.296 e. The Morgan fingerprint density at radius 2 is 1.85 bits per heavy atom. The minimum absolute atomic E-state index is 0.145. The number of rotatable bonds is 5. The third kappa shape index (κ3) is 4.08. The van der Waals surface area contributed by atoms with Crippen molar-refractivity contribution in [3.8, 4) is 11.8 Å². The van der Waals surface area contributed by atoms with Gasteiger partial charge in [-0.05, 0) is 25.1 Å². The zero-order valence-corrected chi connectivity index (χ0v) is 18.5. The van der Waals surface area contributed by atoms with Crippen molar-refractivity contribution < 1.29 is 25.9 Å². The highest BCUT2D eigenvalue weighted by Crippen LogP contribution is 2.31. The molecule has 0 atom stereocenters. The Morgan fingerprint density at radius 1 is 1.12 bits per heavy atom. The number of aromatic nitrogens is 5. The Hall–Kier alpha value is -4.24. The predicted octanol–water partition coefficient (Wildman–Crippen LogP) is 1.30. The number of hydrogen-bond acceptors (Lipinski definition) is 10. The SMILES string of the molecule is Cc1nn2ccc(=O)[nH]c2c1N=Nc1c(C#N)cnn1-c1ccc(S(=O)(=O)O)cc1S(=O)(=O)O. The predicted molar refractivity (Wildman–Crippen MR) is 113 cm³/mol. The number of nitrogens with zero attached hydrogens (tertiary/aromatic N) is 7. The number of benzene rings is 1. The van der Waals surface area contributed by atoms with E-state index in [4.69, 9.17) is 0 Å². The molecule has 0 radical (unpaired) electrons. The van der Waals surface area contributed by atoms with Gasteiger partial charge in [0.05, 0.1) is 22.5 Å². The van der Waals surface area contributed by atoms with Crippen LogP contribution in [0.2, 0.25) is 0 Å². The molecule has 0 saturated heterocycles. The number of hydrogen-bond donors (Lipinski definition) is 3. The van der Waals surface area contributed by atoms with Crippen molar-refractivity contribution in [2.24, 2.45) is 10.2 Å². The summed E-state index contributed by atoms with van der Waals surface area (Å²) in [6.07, 6.45) is 2.45. The van der Waals surface area contributed by atoms with Gasteiger partial charge in [0.25, 0.3) is 25.8 Å². The summed E-state index contributed by atoms with van der Waals surface area (Å²) in [6.45, 7) is 1.59. The van der Waals surface area contributed by atoms with Crippen molar-refractivity contribution in [3.63, 3.8) is 0 Å². The minimum Gasteiger partial charge on any atom is -0.305 e. The van der Waals surface area contributed by atoms with Crippen LogP contribution in [0.5, 0.6) is 0 Å². The minimum atomic E-state index is -5.02. The lowest BCUT2D eigenvalue weighted by Crippen LogP contribution is -2.09. The smallest absolute Gasteiger partial charge is 0.296 e. The number of nitriles is 1. The third-order valence-corrected chi connectivity index (χ3v) is 6.24. The fourth-order valence-electron chi connectivity index (χ4n) is 3.01. The highest BCUT2D eigenvalue weighted by molar-refractivity contribution is 7.86. The summed E-state index contributed by atoms with van der Waals surface area (Å²) in [5, 5.41) is 25.5. The van der Waals surface area contributed by atoms with Crippen LogP contribution in [0.3, 0.4) is 0 Å². The third-order valence-electron chi connectivity index (χ3n) is 4.51. The maximum absolute atomic E-state index is 11.9. The number of aryl methyl sites for hydroxylation is 1. The molecule has 3 heterocycles. The monoisotopic (exact) mass is 504 g/mol. The van der Waals surface area contributed by atoms with Crippen LogP contribution in [0.15, 0.2) is 61.5 Å². The van der Waals surface area contributed by atoms with Gasteiger partial charge in [-0.25, -0.2) is 9.20 Å². The van der Waals surface area contributed by atoms with Gasteiger partial charge < -0.3 is 4.98 Å². The van der Waals surface area contributed by atoms with Gasteiger partial charge in [0.1, 0.15) is 16.5 Å². The molecule has 34 heavy (non-hydrogen) atoms. The molecule has 0 fully saturated rings. The van der Waals surface area contributed by atoms with Gasteiger partial charge in [-0.2, -0.15) is 32.3 Å². The number of H-pyrrole nitrogens is 1. The van der Waals surface area contributed by atoms with Gasteiger partial charge in [0.2, 0.25) is 0 Å². The molecule has 0 bridgehead atoms. The summed E-state index contributed by atoms with van der Waals surface area (Å²) < 4.78 is 67.7. The molecule has 3 N–H and O–H groups in total. The highest BCUT2D eigenvalue weighted by atomic mass is 32.2. The quantitative estimate of drug-likeness (QED) is 0.261. The van der Waals surface area contributed by atoms with E-state index in [2.05, 4.69) is 25.4 Å². The number of fused-ring (bicyclic) bond motifs is 1. The molecule has 0 spiro atoms. The summed E-state index contributed by atoms with van der Waals surface area (Å²) in [5.74, 6) is -0.274. The molecule has 4 aromatic rings. The van der Waals surface area contributed by atoms with Crippen LogP contribution in [0.25, 0.3) is 11.3 Å². The average molecular weight is 504 g/mol. The van der Waals surface area contributed by atoms with Gasteiger partial charge in [-0.1, -0.05) is 0 Å². The van der Waals surface area contributed by atoms with E-state index in [1.54, 1.807) is 6.92 Å². The first kappa shape index (κ1) is 22.9. The maximum atomic E-state index is 11.9. The van der Waals surface area contributed by atoms with E-state index in [0.717, 1.165) is 23.0 Å². The van der Waals surface area contributed by atoms with E-state index < -0.39 is 35.6 Å². The van der Waals surface area contributed by atoms with E-state index in [-0.39, 0.29) is 28.4 Å². The summed E-state index contributed by atoms with van der Waals surface area (Å²) in [4.78, 5) is 12.5. The summed E-state index contributed by atoms with van der Waals surface area (Å²) >= 11 is 0. The lowest BCUT2D eigenvalue weighted by atomic mass is 10.3. The first-order valence-electron chi connectivity index (χ1n) is 8.97. The van der Waals surface area contributed by atoms with E-state index in [1.807, 2.05) is 6.07 Å². The Bertz CT molecular complexity index is 1810. The largest absolute Gasteiger partial charge is 0.305 e. The highest BCUT2D eigenvalue weighted by Gasteiger charge is 2.24. The number of nitrogens with one attached hydrogen (secondary N) is 1. The Balaban J connectivity index is 1.93. The zero-order valence-electron chi connectivity index (χ0n) is 16.8. The first-order chi connectivity index (χ1) is 15.9. The van der Waals surface area contributed by atoms with Crippen molar-refractivity contribution in [1.29, 1.82) is 5.26 Å². The fourth-order valence-corrected chi connectivity index (χ4v) is 4.28. The number of aromatic amines is 1. The van der Waals surface area contributed by atoms with Crippen molar-refractivity contribution >= 4 is 37.4 Å². The second-order valence-corrected chi connectivity index (χ2v) is 9.53. The molecule has 0 aliphatic carbocycles. The van der Waals surface area contributed by atoms with Crippen molar-refractivity contribution in [1.82, 2.24) is 24.4 Å². The van der Waals surface area contributed by atoms with Gasteiger partial charge in [-0.15, -0.1) is 10.2 Å². The lowest BCUT2D eigenvalue weighted by molar-refractivity contribution is 0.480. The van der Waals surface area contributed by atoms with Crippen LogP contribution in [0.1, 0.15) is 11.3 Å². The molecule has 0 amide bonds. The van der Waals surface area contributed by atoms with Crippen LogP contribution < -0.4 is 5.56 Å². The van der Waals surface area contributed by atoms with Crippen LogP contribution >= 0.6 is 0 Å². The molecule has 174 valence electrons. The molecular weight excluding hydrogens is 492 g/mol. The Labute approximate surface area is 190 Å². The van der Waals surface area contributed by atoms with Crippen molar-refractivity contribution in [2.45, 2.75) is 16.7 Å². The molecule has 0 unspecified atom stereocenters. The van der Waals surface area contributed by atoms with Crippen LogP contribution in [-0.2, 0) is 20.2 Å². The van der Waals surface area contributed by atoms with Crippen molar-refractivity contribution in [3.05, 3.63) is 58.3 Å². The molecule has 0 aliphatic rings. The van der Waals surface area contributed by atoms with Crippen LogP contribution in [-0.4, -0.2) is 50.3 Å². The van der Waals surface area contributed by atoms with Crippen LogP contribution in [0.4, 0.5) is 11.5 Å². The molecular formula is C17H12N8O7S2. The zero-order chi connectivity index (χ0) is 24.8. The van der Waals surface area contributed by atoms with E-state index in [1.165, 1.54) is 16.8 Å². The molecule has 17 heteroatoms. The summed E-state index contributed by atoms with van der Waals surface area (Å²) in [6, 6.07) is 5.39. The average Bonchev–Trinajstić information content (AvgIpc) is 3.30. The second kappa shape index (κ2) is 7.96. The molecule has 0 aliphatic heterocycles. The van der Waals surface area contributed by atoms with Gasteiger partial charge >= 0.3 is 0 Å². The standard InChI is InChI=1S/C17H12N8O7S2/c1-9-15(17-20-14(26)4-5-24(17)23-9)21-22-16-10(7-18)8-19-25(16)12-3-2-11(33(27,28)29)6-13(12)34(30,31)32/h2-6,8H,1H3,(H,20,26)(H,27,28,29)(H,30,31,32). The van der Waals surface area contributed by atoms with E-state index in [9.17, 15) is 36.0 Å². The van der Waals surface area contributed by atoms with Crippen molar-refractivity contribution in [2.75, 3.05) is 0 Å². The van der Waals surface area contributed by atoms with Crippen LogP contribution in [0, 0.1) is 18.3 Å². The topological polar surface area (TPSA) is 225 Å². The summed E-state index contributed by atoms with van der Waals surface area (Å²) in [7, 11) is -9.82. The van der Waals surface area contributed by atoms with Gasteiger partial charge in [-0.3, -0.25) is 13.9 Å². The van der Waals surface area contributed by atoms with Gasteiger partial charge in [0, 0.05) is 12.3 Å². The van der Waals surface area contributed by atoms with E-state index in [0.29, 0.717) is 11.8 Å². The van der Waals surface area contributed by atoms with Gasteiger partial charge in [0.15, 0.2) is 17.2 Å². The molecule has 0 saturated carbocycles. The second-order valence-electron chi connectivity index (χ2n) is 6.72. The van der Waals surface area contributed by atoms with E-state index >= 15 is 0 Å². The first-order valence-corrected chi connectivity index (χ1v) is 11.9. The molecule has 4 rings (SSSR count). The Morgan fingerprint density at radius 3 is 2.50 bits per heavy atom. The number of azo groups is 1. The lowest BCUT2D eigenvalue weighted by Gasteiger charge is -2.10. The molecule has 15 nitrogen and oxygen atoms in total.